The molecule has 0 saturated carbocycles. The van der Waals surface area contributed by atoms with Crippen molar-refractivity contribution in [3.8, 4) is 0 Å². The third kappa shape index (κ3) is 9.01. The van der Waals surface area contributed by atoms with Crippen molar-refractivity contribution < 1.29 is 48.9 Å². The van der Waals surface area contributed by atoms with Gasteiger partial charge in [0, 0.05) is 19.4 Å². The summed E-state index contributed by atoms with van der Waals surface area (Å²) < 4.78 is 0. The minimum absolute atomic E-state index is 0.0702. The number of hydrogen-bond donors (Lipinski definition) is 7. The summed E-state index contributed by atoms with van der Waals surface area (Å²) in [4.78, 5) is 83.1. The van der Waals surface area contributed by atoms with Gasteiger partial charge in [-0.3, -0.25) is 28.8 Å². The first-order chi connectivity index (χ1) is 15.8. The number of carbonyl (C=O) groups excluding carboxylic acids is 4. The third-order valence-corrected chi connectivity index (χ3v) is 5.13. The van der Waals surface area contributed by atoms with Crippen LogP contribution in [-0.4, -0.2) is 92.5 Å². The van der Waals surface area contributed by atoms with Crippen LogP contribution in [0.2, 0.25) is 0 Å². The van der Waals surface area contributed by atoms with Crippen LogP contribution in [0.25, 0.3) is 0 Å². The van der Waals surface area contributed by atoms with Crippen molar-refractivity contribution in [1.29, 1.82) is 0 Å². The van der Waals surface area contributed by atoms with Gasteiger partial charge in [-0.25, -0.2) is 4.79 Å². The van der Waals surface area contributed by atoms with Crippen LogP contribution in [0.3, 0.4) is 0 Å². The number of carbonyl (C=O) groups is 7. The maximum atomic E-state index is 13.1. The van der Waals surface area contributed by atoms with E-state index in [4.69, 9.17) is 26.8 Å². The minimum atomic E-state index is -1.71. The normalized spacial score (nSPS) is 17.8. The zero-order chi connectivity index (χ0) is 26.0. The maximum absolute atomic E-state index is 13.1. The number of nitrogens with zero attached hydrogens (tertiary/aromatic N) is 1. The average molecular weight is 487 g/mol. The van der Waals surface area contributed by atoms with Crippen molar-refractivity contribution in [2.75, 3.05) is 6.54 Å². The Morgan fingerprint density at radius 3 is 2.09 bits per heavy atom. The highest BCUT2D eigenvalue weighted by Gasteiger charge is 2.39. The largest absolute Gasteiger partial charge is 0.481 e. The molecule has 190 valence electrons. The number of carboxylic acid groups (broad SMARTS) is 3. The molecule has 15 heteroatoms. The molecule has 1 fully saturated rings. The second kappa shape index (κ2) is 13.1. The van der Waals surface area contributed by atoms with Crippen molar-refractivity contribution in [3.05, 3.63) is 0 Å². The van der Waals surface area contributed by atoms with Gasteiger partial charge in [-0.15, -0.1) is 0 Å². The Hall–Kier alpha value is -3.75. The fourth-order valence-corrected chi connectivity index (χ4v) is 3.38. The first-order valence-electron chi connectivity index (χ1n) is 10.4. The van der Waals surface area contributed by atoms with Crippen LogP contribution in [0.5, 0.6) is 0 Å². The first kappa shape index (κ1) is 28.3. The third-order valence-electron chi connectivity index (χ3n) is 5.13. The number of nitrogens with two attached hydrogens (primary N) is 2. The summed E-state index contributed by atoms with van der Waals surface area (Å²) in [6, 6.07) is -5.41. The van der Waals surface area contributed by atoms with E-state index in [9.17, 15) is 33.6 Å². The van der Waals surface area contributed by atoms with Gasteiger partial charge >= 0.3 is 17.9 Å². The highest BCUT2D eigenvalue weighted by atomic mass is 16.4. The van der Waals surface area contributed by atoms with Gasteiger partial charge in [-0.2, -0.15) is 0 Å². The van der Waals surface area contributed by atoms with E-state index in [1.54, 1.807) is 0 Å². The van der Waals surface area contributed by atoms with Gasteiger partial charge in [-0.05, 0) is 25.7 Å². The minimum Gasteiger partial charge on any atom is -0.481 e. The molecule has 1 heterocycles. The molecule has 1 saturated heterocycles. The number of aliphatic carboxylic acids is 3. The number of amides is 4. The predicted octanol–water partition coefficient (Wildman–Crippen LogP) is -3.04. The van der Waals surface area contributed by atoms with E-state index in [0.29, 0.717) is 6.42 Å². The van der Waals surface area contributed by atoms with Crippen LogP contribution < -0.4 is 22.1 Å². The molecular weight excluding hydrogens is 458 g/mol. The van der Waals surface area contributed by atoms with Crippen molar-refractivity contribution in [2.45, 2.75) is 69.1 Å². The summed E-state index contributed by atoms with van der Waals surface area (Å²) in [5, 5.41) is 31.4. The molecule has 15 nitrogen and oxygen atoms in total. The predicted molar refractivity (Wildman–Crippen MR) is 112 cm³/mol. The van der Waals surface area contributed by atoms with Crippen LogP contribution in [0, 0.1) is 0 Å². The lowest BCUT2D eigenvalue weighted by Gasteiger charge is -2.29. The Balaban J connectivity index is 2.97. The highest BCUT2D eigenvalue weighted by Crippen LogP contribution is 2.20. The molecule has 0 aromatic rings. The highest BCUT2D eigenvalue weighted by molar-refractivity contribution is 5.95. The Morgan fingerprint density at radius 2 is 1.56 bits per heavy atom. The van der Waals surface area contributed by atoms with Crippen LogP contribution in [-0.2, 0) is 33.6 Å². The van der Waals surface area contributed by atoms with E-state index >= 15 is 0 Å². The maximum Gasteiger partial charge on any atom is 0.326 e. The van der Waals surface area contributed by atoms with E-state index in [-0.39, 0.29) is 32.2 Å². The zero-order valence-electron chi connectivity index (χ0n) is 18.3. The second-order valence-electron chi connectivity index (χ2n) is 7.79. The van der Waals surface area contributed by atoms with Gasteiger partial charge in [0.1, 0.15) is 18.1 Å². The molecule has 1 aliphatic heterocycles. The summed E-state index contributed by atoms with van der Waals surface area (Å²) in [6.07, 6.45) is -1.45. The molecular formula is C19H29N5O10. The van der Waals surface area contributed by atoms with Crippen molar-refractivity contribution in [2.24, 2.45) is 11.5 Å². The molecule has 0 spiro atoms. The molecule has 4 atom stereocenters. The van der Waals surface area contributed by atoms with E-state index < -0.39 is 78.5 Å². The molecule has 4 amide bonds. The van der Waals surface area contributed by atoms with Crippen LogP contribution in [0.4, 0.5) is 0 Å². The molecule has 0 radical (unpaired) electrons. The second-order valence-corrected chi connectivity index (χ2v) is 7.79. The van der Waals surface area contributed by atoms with Crippen LogP contribution >= 0.6 is 0 Å². The van der Waals surface area contributed by atoms with Crippen LogP contribution in [0.1, 0.15) is 44.9 Å². The number of nitrogens with one attached hydrogen (secondary N) is 2. The zero-order valence-corrected chi connectivity index (χ0v) is 18.3. The van der Waals surface area contributed by atoms with Gasteiger partial charge in [0.15, 0.2) is 0 Å². The lowest BCUT2D eigenvalue weighted by molar-refractivity contribution is -0.148. The van der Waals surface area contributed by atoms with Gasteiger partial charge in [0.05, 0.1) is 12.5 Å². The molecule has 0 aliphatic carbocycles. The lowest BCUT2D eigenvalue weighted by atomic mass is 10.1. The van der Waals surface area contributed by atoms with Gasteiger partial charge in [0.25, 0.3) is 0 Å². The van der Waals surface area contributed by atoms with Crippen molar-refractivity contribution in [3.63, 3.8) is 0 Å². The molecule has 1 rings (SSSR count). The topological polar surface area (TPSA) is 260 Å². The number of primary amides is 1. The molecule has 34 heavy (non-hydrogen) atoms. The summed E-state index contributed by atoms with van der Waals surface area (Å²) in [7, 11) is 0. The summed E-state index contributed by atoms with van der Waals surface area (Å²) >= 11 is 0. The Kier molecular flexibility index (Phi) is 10.9. The van der Waals surface area contributed by atoms with Crippen LogP contribution in [0.15, 0.2) is 0 Å². The first-order valence-corrected chi connectivity index (χ1v) is 10.4. The summed E-state index contributed by atoms with van der Waals surface area (Å²) in [5.41, 5.74) is 10.7. The van der Waals surface area contributed by atoms with Crippen molar-refractivity contribution in [1.82, 2.24) is 15.5 Å². The van der Waals surface area contributed by atoms with E-state index in [2.05, 4.69) is 10.6 Å². The monoisotopic (exact) mass is 487 g/mol. The molecule has 1 aliphatic rings. The Bertz CT molecular complexity index is 832. The standard InChI is InChI=1S/C19H29N5O10/c20-9(3-5-13(21)25)16(30)22-10(4-6-14(26)27)18(32)24-7-1-2-12(24)17(31)23-11(19(33)34)8-15(28)29/h9-12H,1-8,20H2,(H2,21,25)(H,22,30)(H,23,31)(H,26,27)(H,28,29)(H,33,34). The van der Waals surface area contributed by atoms with E-state index in [0.717, 1.165) is 4.90 Å². The molecule has 4 unspecified atom stereocenters. The quantitative estimate of drug-likeness (QED) is 0.129. The Morgan fingerprint density at radius 1 is 0.912 bits per heavy atom. The fraction of sp³-hybridized carbons (Fsp3) is 0.632. The SMILES string of the molecule is NC(=O)CCC(N)C(=O)NC(CCC(=O)O)C(=O)N1CCCC1C(=O)NC(CC(=O)O)C(=O)O. The molecule has 0 aromatic carbocycles. The number of hydrogen-bond acceptors (Lipinski definition) is 8. The molecule has 0 aromatic heterocycles. The number of carboxylic acids is 3. The average Bonchev–Trinajstić information content (AvgIpc) is 3.23. The summed E-state index contributed by atoms with van der Waals surface area (Å²) in [5.74, 6) is -7.42. The van der Waals surface area contributed by atoms with Gasteiger partial charge in [-0.1, -0.05) is 0 Å². The van der Waals surface area contributed by atoms with Gasteiger partial charge < -0.3 is 42.3 Å². The number of rotatable bonds is 14. The Labute approximate surface area is 193 Å². The lowest BCUT2D eigenvalue weighted by Crippen LogP contribution is -2.57. The van der Waals surface area contributed by atoms with E-state index in [1.165, 1.54) is 0 Å². The number of likely N-dealkylation sites (tertiary alicyclic amines) is 1. The smallest absolute Gasteiger partial charge is 0.326 e. The van der Waals surface area contributed by atoms with E-state index in [1.807, 2.05) is 0 Å². The molecule has 9 N–H and O–H groups in total. The van der Waals surface area contributed by atoms with Gasteiger partial charge in [0.2, 0.25) is 23.6 Å². The summed E-state index contributed by atoms with van der Waals surface area (Å²) in [6.45, 7) is 0.0702. The fourth-order valence-electron chi connectivity index (χ4n) is 3.38. The van der Waals surface area contributed by atoms with Crippen molar-refractivity contribution >= 4 is 41.5 Å². The molecule has 0 bridgehead atoms.